The van der Waals surface area contributed by atoms with Crippen LogP contribution in [0.4, 0.5) is 0 Å². The van der Waals surface area contributed by atoms with Gasteiger partial charge in [0.1, 0.15) is 18.1 Å². The zero-order valence-electron chi connectivity index (χ0n) is 12.8. The second kappa shape index (κ2) is 8.31. The van der Waals surface area contributed by atoms with Crippen molar-refractivity contribution in [3.05, 3.63) is 64.1 Å². The van der Waals surface area contributed by atoms with Gasteiger partial charge in [0.2, 0.25) is 0 Å². The van der Waals surface area contributed by atoms with Crippen LogP contribution in [0.1, 0.15) is 15.9 Å². The monoisotopic (exact) mass is 389 g/mol. The van der Waals surface area contributed by atoms with E-state index < -0.39 is 12.6 Å². The highest BCUT2D eigenvalue weighted by Crippen LogP contribution is 2.24. The van der Waals surface area contributed by atoms with Crippen LogP contribution < -0.4 is 14.6 Å². The summed E-state index contributed by atoms with van der Waals surface area (Å²) >= 11 is 3.37. The van der Waals surface area contributed by atoms with Crippen molar-refractivity contribution in [3.8, 4) is 11.5 Å². The third-order valence-electron chi connectivity index (χ3n) is 3.08. The average Bonchev–Trinajstić information content (AvgIpc) is 2.58. The lowest BCUT2D eigenvalue weighted by molar-refractivity contribution is -0.307. The van der Waals surface area contributed by atoms with Gasteiger partial charge in [-0.1, -0.05) is 28.1 Å². The van der Waals surface area contributed by atoms with Crippen molar-refractivity contribution < 1.29 is 24.2 Å². The predicted octanol–water partition coefficient (Wildman–Crippen LogP) is 2.48. The quantitative estimate of drug-likeness (QED) is 0.537. The fourth-order valence-electron chi connectivity index (χ4n) is 1.98. The smallest absolute Gasteiger partial charge is 0.185 e. The minimum absolute atomic E-state index is 0.240. The molecule has 0 radical (unpaired) electrons. The lowest BCUT2D eigenvalue weighted by Crippen LogP contribution is -2.28. The second-order valence-corrected chi connectivity index (χ2v) is 5.69. The van der Waals surface area contributed by atoms with Gasteiger partial charge in [0, 0.05) is 15.6 Å². The Hall–Kier alpha value is -2.60. The van der Waals surface area contributed by atoms with Crippen molar-refractivity contribution in [1.82, 2.24) is 0 Å². The molecule has 2 aromatic rings. The van der Waals surface area contributed by atoms with Crippen molar-refractivity contribution in [2.24, 2.45) is 0 Å². The Kier molecular flexibility index (Phi) is 6.14. The topological polar surface area (TPSA) is 75.7 Å². The van der Waals surface area contributed by atoms with Crippen LogP contribution >= 0.6 is 15.9 Å². The molecule has 6 heteroatoms. The minimum atomic E-state index is -1.33. The van der Waals surface area contributed by atoms with Gasteiger partial charge in [0.25, 0.3) is 0 Å². The zero-order valence-corrected chi connectivity index (χ0v) is 14.4. The number of carbonyl (C=O) groups is 2. The van der Waals surface area contributed by atoms with Crippen molar-refractivity contribution in [2.45, 2.75) is 0 Å². The van der Waals surface area contributed by atoms with Gasteiger partial charge < -0.3 is 19.4 Å². The predicted molar refractivity (Wildman–Crippen MR) is 91.0 cm³/mol. The van der Waals surface area contributed by atoms with E-state index in [0.29, 0.717) is 17.1 Å². The summed E-state index contributed by atoms with van der Waals surface area (Å²) in [6.07, 6.45) is 3.07. The van der Waals surface area contributed by atoms with E-state index >= 15 is 0 Å². The fourth-order valence-corrected chi connectivity index (χ4v) is 2.36. The molecule has 0 saturated carbocycles. The summed E-state index contributed by atoms with van der Waals surface area (Å²) in [5, 5.41) is 10.4. The first-order valence-electron chi connectivity index (χ1n) is 6.98. The SMILES string of the molecule is COc1ccc(Br)cc1/C=C/C(=O)c1cccc(OCC(=O)[O-])c1. The summed E-state index contributed by atoms with van der Waals surface area (Å²) in [4.78, 5) is 22.7. The van der Waals surface area contributed by atoms with Gasteiger partial charge in [-0.2, -0.15) is 0 Å². The minimum Gasteiger partial charge on any atom is -0.546 e. The van der Waals surface area contributed by atoms with Crippen LogP contribution in [0.15, 0.2) is 53.0 Å². The van der Waals surface area contributed by atoms with Gasteiger partial charge in [-0.3, -0.25) is 4.79 Å². The van der Waals surface area contributed by atoms with Crippen LogP contribution in [0.3, 0.4) is 0 Å². The third kappa shape index (κ3) is 4.96. The molecular formula is C18H14BrO5-. The number of rotatable bonds is 7. The molecule has 0 aromatic heterocycles. The molecule has 0 heterocycles. The number of benzene rings is 2. The number of hydrogen-bond acceptors (Lipinski definition) is 5. The van der Waals surface area contributed by atoms with Gasteiger partial charge in [-0.05, 0) is 42.5 Å². The maximum atomic E-state index is 12.3. The first-order valence-corrected chi connectivity index (χ1v) is 7.77. The molecule has 0 N–H and O–H groups in total. The lowest BCUT2D eigenvalue weighted by Gasteiger charge is -2.07. The number of allylic oxidation sites excluding steroid dienone is 1. The van der Waals surface area contributed by atoms with Gasteiger partial charge in [0.05, 0.1) is 13.1 Å². The molecule has 124 valence electrons. The number of ether oxygens (including phenoxy) is 2. The third-order valence-corrected chi connectivity index (χ3v) is 3.57. The Bertz CT molecular complexity index is 783. The van der Waals surface area contributed by atoms with E-state index in [1.807, 2.05) is 12.1 Å². The van der Waals surface area contributed by atoms with Crippen LogP contribution in [0, 0.1) is 0 Å². The fraction of sp³-hybridized carbons (Fsp3) is 0.111. The summed E-state index contributed by atoms with van der Waals surface area (Å²) in [7, 11) is 1.56. The highest BCUT2D eigenvalue weighted by Gasteiger charge is 2.05. The summed E-state index contributed by atoms with van der Waals surface area (Å²) in [6, 6.07) is 11.8. The largest absolute Gasteiger partial charge is 0.546 e. The Morgan fingerprint density at radius 2 is 2.00 bits per heavy atom. The molecule has 0 bridgehead atoms. The molecule has 0 atom stereocenters. The first kappa shape index (κ1) is 17.7. The molecule has 0 amide bonds. The Labute approximate surface area is 147 Å². The molecule has 0 aliphatic rings. The van der Waals surface area contributed by atoms with E-state index in [1.165, 1.54) is 12.1 Å². The molecule has 0 unspecified atom stereocenters. The summed E-state index contributed by atoms with van der Waals surface area (Å²) in [5.41, 5.74) is 1.14. The Morgan fingerprint density at radius 1 is 1.21 bits per heavy atom. The van der Waals surface area contributed by atoms with E-state index in [1.54, 1.807) is 37.5 Å². The standard InChI is InChI=1S/C18H15BrO5/c1-23-17-8-6-14(19)9-13(17)5-7-16(20)12-3-2-4-15(10-12)24-11-18(21)22/h2-10H,11H2,1H3,(H,21,22)/p-1/b7-5+. The van der Waals surface area contributed by atoms with Crippen LogP contribution in [-0.4, -0.2) is 25.5 Å². The summed E-state index contributed by atoms with van der Waals surface area (Å²) in [6.45, 7) is -0.567. The van der Waals surface area contributed by atoms with E-state index in [9.17, 15) is 14.7 Å². The Balaban J connectivity index is 2.16. The van der Waals surface area contributed by atoms with E-state index in [2.05, 4.69) is 15.9 Å². The lowest BCUT2D eigenvalue weighted by atomic mass is 10.1. The Morgan fingerprint density at radius 3 is 2.71 bits per heavy atom. The van der Waals surface area contributed by atoms with Gasteiger partial charge in [-0.25, -0.2) is 0 Å². The molecule has 0 saturated heterocycles. The number of aliphatic carboxylic acids is 1. The van der Waals surface area contributed by atoms with Crippen LogP contribution in [-0.2, 0) is 4.79 Å². The number of carboxylic acid groups (broad SMARTS) is 1. The molecule has 5 nitrogen and oxygen atoms in total. The molecule has 24 heavy (non-hydrogen) atoms. The van der Waals surface area contributed by atoms with E-state index in [-0.39, 0.29) is 5.78 Å². The number of carboxylic acids is 1. The number of carbonyl (C=O) groups excluding carboxylic acids is 2. The van der Waals surface area contributed by atoms with Gasteiger partial charge in [0.15, 0.2) is 5.78 Å². The van der Waals surface area contributed by atoms with E-state index in [4.69, 9.17) is 9.47 Å². The van der Waals surface area contributed by atoms with Crippen molar-refractivity contribution in [1.29, 1.82) is 0 Å². The number of halogens is 1. The van der Waals surface area contributed by atoms with Crippen molar-refractivity contribution >= 4 is 33.8 Å². The van der Waals surface area contributed by atoms with Crippen LogP contribution in [0.2, 0.25) is 0 Å². The first-order chi connectivity index (χ1) is 11.5. The normalized spacial score (nSPS) is 10.6. The molecule has 2 rings (SSSR count). The highest BCUT2D eigenvalue weighted by molar-refractivity contribution is 9.10. The molecular weight excluding hydrogens is 376 g/mol. The molecule has 0 spiro atoms. The zero-order chi connectivity index (χ0) is 17.5. The molecule has 0 aliphatic carbocycles. The molecule has 2 aromatic carbocycles. The second-order valence-electron chi connectivity index (χ2n) is 4.77. The average molecular weight is 390 g/mol. The molecule has 0 aliphatic heterocycles. The highest BCUT2D eigenvalue weighted by atomic mass is 79.9. The van der Waals surface area contributed by atoms with Crippen molar-refractivity contribution in [2.75, 3.05) is 13.7 Å². The van der Waals surface area contributed by atoms with E-state index in [0.717, 1.165) is 10.0 Å². The molecule has 0 fully saturated rings. The summed E-state index contributed by atoms with van der Waals surface area (Å²) in [5.74, 6) is -0.629. The van der Waals surface area contributed by atoms with Gasteiger partial charge in [-0.15, -0.1) is 0 Å². The van der Waals surface area contributed by atoms with Crippen molar-refractivity contribution in [3.63, 3.8) is 0 Å². The van der Waals surface area contributed by atoms with Crippen LogP contribution in [0.25, 0.3) is 6.08 Å². The van der Waals surface area contributed by atoms with Gasteiger partial charge >= 0.3 is 0 Å². The number of hydrogen-bond donors (Lipinski definition) is 0. The number of methoxy groups -OCH3 is 1. The van der Waals surface area contributed by atoms with Crippen LogP contribution in [0.5, 0.6) is 11.5 Å². The maximum Gasteiger partial charge on any atom is 0.185 e. The number of ketones is 1. The summed E-state index contributed by atoms with van der Waals surface area (Å²) < 4.78 is 11.1. The maximum absolute atomic E-state index is 12.3.